The van der Waals surface area contributed by atoms with Crippen molar-refractivity contribution in [2.75, 3.05) is 24.2 Å². The largest absolute Gasteiger partial charge is 0.457 e. The molecular formula is C17H23IN4O3S. The summed E-state index contributed by atoms with van der Waals surface area (Å²) in [5.41, 5.74) is 6.54. The van der Waals surface area contributed by atoms with Crippen LogP contribution in [0.3, 0.4) is 0 Å². The van der Waals surface area contributed by atoms with Gasteiger partial charge in [0.15, 0.2) is 5.96 Å². The number of hydrogen-bond donors (Lipinski definition) is 3. The maximum Gasteiger partial charge on any atom is 0.211 e. The van der Waals surface area contributed by atoms with E-state index >= 15 is 0 Å². The lowest BCUT2D eigenvalue weighted by Crippen LogP contribution is -2.29. The van der Waals surface area contributed by atoms with Crippen molar-refractivity contribution in [3.8, 4) is 11.5 Å². The van der Waals surface area contributed by atoms with Crippen molar-refractivity contribution < 1.29 is 13.2 Å². The summed E-state index contributed by atoms with van der Waals surface area (Å²) in [4.78, 5) is 4.09. The summed E-state index contributed by atoms with van der Waals surface area (Å²) < 4.78 is 30.8. The summed E-state index contributed by atoms with van der Waals surface area (Å²) in [6, 6.07) is 16.8. The second-order valence-corrected chi connectivity index (χ2v) is 7.23. The van der Waals surface area contributed by atoms with Gasteiger partial charge in [0, 0.05) is 18.3 Å². The van der Waals surface area contributed by atoms with Crippen molar-refractivity contribution in [1.82, 2.24) is 4.72 Å². The van der Waals surface area contributed by atoms with E-state index in [9.17, 15) is 8.42 Å². The van der Waals surface area contributed by atoms with Crippen LogP contribution in [0.4, 0.5) is 5.69 Å². The molecule has 142 valence electrons. The Labute approximate surface area is 171 Å². The summed E-state index contributed by atoms with van der Waals surface area (Å²) in [7, 11) is -3.21. The van der Waals surface area contributed by atoms with Gasteiger partial charge in [-0.3, -0.25) is 4.99 Å². The number of anilines is 1. The molecule has 0 saturated heterocycles. The van der Waals surface area contributed by atoms with Crippen molar-refractivity contribution in [2.24, 2.45) is 10.7 Å². The molecule has 2 rings (SSSR count). The third kappa shape index (κ3) is 8.02. The number of halogens is 1. The molecule has 0 saturated carbocycles. The van der Waals surface area contributed by atoms with Crippen LogP contribution in [0, 0.1) is 0 Å². The minimum atomic E-state index is -3.21. The Balaban J connectivity index is 0.00000338. The first kappa shape index (κ1) is 22.2. The van der Waals surface area contributed by atoms with Gasteiger partial charge < -0.3 is 15.8 Å². The van der Waals surface area contributed by atoms with Crippen molar-refractivity contribution >= 4 is 45.6 Å². The number of sulfonamides is 1. The normalized spacial score (nSPS) is 11.5. The van der Waals surface area contributed by atoms with Gasteiger partial charge in [-0.2, -0.15) is 0 Å². The van der Waals surface area contributed by atoms with Crippen LogP contribution in [0.1, 0.15) is 6.92 Å². The van der Waals surface area contributed by atoms with Gasteiger partial charge in [0.1, 0.15) is 11.5 Å². The van der Waals surface area contributed by atoms with Gasteiger partial charge in [-0.1, -0.05) is 24.3 Å². The third-order valence-electron chi connectivity index (χ3n) is 3.18. The Kier molecular flexibility index (Phi) is 9.38. The Morgan fingerprint density at radius 1 is 1.12 bits per heavy atom. The van der Waals surface area contributed by atoms with Crippen LogP contribution in [-0.2, 0) is 10.0 Å². The SMILES string of the molecule is CCS(=O)(=O)NCCN=C(N)Nc1cccc(Oc2ccccc2)c1.I. The van der Waals surface area contributed by atoms with Crippen molar-refractivity contribution in [3.05, 3.63) is 54.6 Å². The zero-order valence-electron chi connectivity index (χ0n) is 14.4. The molecule has 0 aliphatic rings. The van der Waals surface area contributed by atoms with E-state index in [0.29, 0.717) is 5.75 Å². The second kappa shape index (κ2) is 11.0. The number of nitrogens with zero attached hydrogens (tertiary/aromatic N) is 1. The highest BCUT2D eigenvalue weighted by atomic mass is 127. The van der Waals surface area contributed by atoms with E-state index in [4.69, 9.17) is 10.5 Å². The van der Waals surface area contributed by atoms with Crippen LogP contribution in [0.2, 0.25) is 0 Å². The minimum absolute atomic E-state index is 0. The fourth-order valence-electron chi connectivity index (χ4n) is 1.93. The molecule has 4 N–H and O–H groups in total. The first-order chi connectivity index (χ1) is 12.0. The Hall–Kier alpha value is -1.85. The third-order valence-corrected chi connectivity index (χ3v) is 4.59. The predicted molar refractivity (Wildman–Crippen MR) is 116 cm³/mol. The molecule has 0 aliphatic heterocycles. The highest BCUT2D eigenvalue weighted by Gasteiger charge is 2.04. The Morgan fingerprint density at radius 2 is 1.81 bits per heavy atom. The van der Waals surface area contributed by atoms with Crippen LogP contribution in [0.5, 0.6) is 11.5 Å². The summed E-state index contributed by atoms with van der Waals surface area (Å²) in [5, 5.41) is 2.95. The van der Waals surface area contributed by atoms with Crippen molar-refractivity contribution in [3.63, 3.8) is 0 Å². The summed E-state index contributed by atoms with van der Waals surface area (Å²) >= 11 is 0. The quantitative estimate of drug-likeness (QED) is 0.229. The van der Waals surface area contributed by atoms with Crippen LogP contribution >= 0.6 is 24.0 Å². The van der Waals surface area contributed by atoms with Crippen molar-refractivity contribution in [1.29, 1.82) is 0 Å². The van der Waals surface area contributed by atoms with Gasteiger partial charge in [-0.05, 0) is 31.2 Å². The molecule has 0 bridgehead atoms. The van der Waals surface area contributed by atoms with E-state index in [1.165, 1.54) is 0 Å². The van der Waals surface area contributed by atoms with Crippen molar-refractivity contribution in [2.45, 2.75) is 6.92 Å². The van der Waals surface area contributed by atoms with E-state index in [0.717, 1.165) is 11.4 Å². The smallest absolute Gasteiger partial charge is 0.211 e. The first-order valence-corrected chi connectivity index (χ1v) is 9.51. The predicted octanol–water partition coefficient (Wildman–Crippen LogP) is 2.76. The highest BCUT2D eigenvalue weighted by Crippen LogP contribution is 2.23. The van der Waals surface area contributed by atoms with Gasteiger partial charge >= 0.3 is 0 Å². The lowest BCUT2D eigenvalue weighted by molar-refractivity contribution is 0.483. The van der Waals surface area contributed by atoms with Gasteiger partial charge in [0.05, 0.1) is 12.3 Å². The number of hydrogen-bond acceptors (Lipinski definition) is 4. The molecule has 0 unspecified atom stereocenters. The summed E-state index contributed by atoms with van der Waals surface area (Å²) in [6.45, 7) is 2.03. The van der Waals surface area contributed by atoms with Gasteiger partial charge in [-0.25, -0.2) is 13.1 Å². The van der Waals surface area contributed by atoms with Gasteiger partial charge in [0.2, 0.25) is 10.0 Å². The molecule has 9 heteroatoms. The lowest BCUT2D eigenvalue weighted by Gasteiger charge is -2.09. The molecule has 0 fully saturated rings. The maximum atomic E-state index is 11.3. The van der Waals surface area contributed by atoms with Crippen LogP contribution in [0.15, 0.2) is 59.6 Å². The molecule has 0 atom stereocenters. The number of ether oxygens (including phenoxy) is 1. The number of benzene rings is 2. The van der Waals surface area contributed by atoms with Crippen LogP contribution in [-0.4, -0.2) is 33.2 Å². The monoisotopic (exact) mass is 490 g/mol. The average molecular weight is 490 g/mol. The van der Waals surface area contributed by atoms with E-state index in [1.807, 2.05) is 48.5 Å². The molecular weight excluding hydrogens is 467 g/mol. The summed E-state index contributed by atoms with van der Waals surface area (Å²) in [6.07, 6.45) is 0. The van der Waals surface area contributed by atoms with E-state index in [-0.39, 0.29) is 48.8 Å². The van der Waals surface area contributed by atoms with Gasteiger partial charge in [-0.15, -0.1) is 24.0 Å². The first-order valence-electron chi connectivity index (χ1n) is 7.86. The fourth-order valence-corrected chi connectivity index (χ4v) is 2.54. The molecule has 0 heterocycles. The number of aliphatic imine (C=N–C) groups is 1. The zero-order valence-corrected chi connectivity index (χ0v) is 17.5. The minimum Gasteiger partial charge on any atom is -0.457 e. The Bertz CT molecular complexity index is 814. The molecule has 26 heavy (non-hydrogen) atoms. The van der Waals surface area contributed by atoms with Crippen LogP contribution < -0.4 is 20.5 Å². The molecule has 0 spiro atoms. The highest BCUT2D eigenvalue weighted by molar-refractivity contribution is 14.0. The number of guanidine groups is 1. The number of rotatable bonds is 8. The topological polar surface area (TPSA) is 106 Å². The number of nitrogens with one attached hydrogen (secondary N) is 2. The number of para-hydroxylation sites is 1. The lowest BCUT2D eigenvalue weighted by atomic mass is 10.3. The fraction of sp³-hybridized carbons (Fsp3) is 0.235. The molecule has 0 radical (unpaired) electrons. The summed E-state index contributed by atoms with van der Waals surface area (Å²) in [5.74, 6) is 1.65. The van der Waals surface area contributed by atoms with Crippen LogP contribution in [0.25, 0.3) is 0 Å². The molecule has 2 aromatic carbocycles. The van der Waals surface area contributed by atoms with E-state index in [1.54, 1.807) is 13.0 Å². The van der Waals surface area contributed by atoms with Gasteiger partial charge in [0.25, 0.3) is 0 Å². The maximum absolute atomic E-state index is 11.3. The average Bonchev–Trinajstić information content (AvgIpc) is 2.60. The standard InChI is InChI=1S/C17H22N4O3S.HI/c1-2-25(22,23)20-12-11-19-17(18)21-14-7-6-10-16(13-14)24-15-8-4-3-5-9-15;/h3-10,13,20H,2,11-12H2,1H3,(H3,18,19,21);1H. The molecule has 7 nitrogen and oxygen atoms in total. The molecule has 0 amide bonds. The Morgan fingerprint density at radius 3 is 2.50 bits per heavy atom. The van der Waals surface area contributed by atoms with E-state index < -0.39 is 10.0 Å². The molecule has 2 aromatic rings. The second-order valence-electron chi connectivity index (χ2n) is 5.13. The van der Waals surface area contributed by atoms with E-state index in [2.05, 4.69) is 15.0 Å². The zero-order chi connectivity index (χ0) is 18.1. The number of nitrogens with two attached hydrogens (primary N) is 1. The molecule has 0 aromatic heterocycles. The molecule has 0 aliphatic carbocycles.